The van der Waals surface area contributed by atoms with E-state index in [-0.39, 0.29) is 17.2 Å². The van der Waals surface area contributed by atoms with Gasteiger partial charge in [0.25, 0.3) is 0 Å². The van der Waals surface area contributed by atoms with Crippen molar-refractivity contribution in [2.24, 2.45) is 23.2 Å². The molecule has 4 saturated carbocycles. The predicted octanol–water partition coefficient (Wildman–Crippen LogP) is 3.76. The fraction of sp³-hybridized carbons (Fsp3) is 0.652. The summed E-state index contributed by atoms with van der Waals surface area (Å²) in [5.41, 5.74) is 0.504. The third-order valence-corrected chi connectivity index (χ3v) is 7.07. The van der Waals surface area contributed by atoms with Crippen molar-refractivity contribution < 1.29 is 19.1 Å². The van der Waals surface area contributed by atoms with Crippen molar-refractivity contribution in [3.63, 3.8) is 0 Å². The molecule has 6 heteroatoms. The summed E-state index contributed by atoms with van der Waals surface area (Å²) in [6.45, 7) is 0.549. The molecule has 6 nitrogen and oxygen atoms in total. The Kier molecular flexibility index (Phi) is 5.70. The molecule has 0 heterocycles. The molecule has 0 spiro atoms. The first-order valence-corrected chi connectivity index (χ1v) is 10.8. The minimum Gasteiger partial charge on any atom is -0.497 e. The molecule has 2 N–H and O–H groups in total. The smallest absolute Gasteiger partial charge is 0.226 e. The molecule has 2 amide bonds. The molecule has 0 aliphatic heterocycles. The third kappa shape index (κ3) is 4.21. The van der Waals surface area contributed by atoms with Crippen LogP contribution in [0, 0.1) is 23.2 Å². The van der Waals surface area contributed by atoms with Gasteiger partial charge in [-0.1, -0.05) is 0 Å². The summed E-state index contributed by atoms with van der Waals surface area (Å²) in [7, 11) is 3.15. The summed E-state index contributed by atoms with van der Waals surface area (Å²) in [5.74, 6) is 3.66. The summed E-state index contributed by atoms with van der Waals surface area (Å²) in [6.07, 6.45) is 8.21. The summed E-state index contributed by atoms with van der Waals surface area (Å²) in [5, 5.41) is 6.01. The van der Waals surface area contributed by atoms with E-state index in [1.165, 1.54) is 19.3 Å². The molecule has 0 radical (unpaired) electrons. The zero-order valence-corrected chi connectivity index (χ0v) is 17.5. The van der Waals surface area contributed by atoms with Crippen LogP contribution < -0.4 is 20.1 Å². The Morgan fingerprint density at radius 3 is 2.28 bits per heavy atom. The van der Waals surface area contributed by atoms with Crippen molar-refractivity contribution in [1.82, 2.24) is 5.32 Å². The van der Waals surface area contributed by atoms with E-state index in [9.17, 15) is 9.59 Å². The summed E-state index contributed by atoms with van der Waals surface area (Å²) < 4.78 is 10.5. The Balaban J connectivity index is 1.23. The molecule has 4 aliphatic rings. The number of ether oxygens (including phenoxy) is 2. The number of anilines is 1. The van der Waals surface area contributed by atoms with Gasteiger partial charge in [-0.05, 0) is 74.8 Å². The standard InChI is InChI=1S/C23H32N2O4/c1-28-18-5-6-19(20(11-18)29-2)25-21(26)4-3-7-24-22(27)23-12-15-8-16(13-23)10-17(9-15)14-23/h5-6,11,15-17H,3-4,7-10,12-14H2,1-2H3,(H,24,27)(H,25,26). The highest BCUT2D eigenvalue weighted by Crippen LogP contribution is 2.60. The zero-order valence-electron chi connectivity index (χ0n) is 17.5. The van der Waals surface area contributed by atoms with Crippen LogP contribution in [0.2, 0.25) is 0 Å². The van der Waals surface area contributed by atoms with Gasteiger partial charge in [-0.3, -0.25) is 9.59 Å². The maximum absolute atomic E-state index is 12.9. The molecular formula is C23H32N2O4. The predicted molar refractivity (Wildman–Crippen MR) is 111 cm³/mol. The van der Waals surface area contributed by atoms with Gasteiger partial charge in [0.15, 0.2) is 0 Å². The second-order valence-corrected chi connectivity index (χ2v) is 9.17. The highest BCUT2D eigenvalue weighted by Gasteiger charge is 2.54. The number of hydrogen-bond donors (Lipinski definition) is 2. The normalized spacial score (nSPS) is 29.4. The Labute approximate surface area is 172 Å². The van der Waals surface area contributed by atoms with E-state index in [0.717, 1.165) is 37.0 Å². The van der Waals surface area contributed by atoms with Crippen molar-refractivity contribution >= 4 is 17.5 Å². The van der Waals surface area contributed by atoms with E-state index in [1.54, 1.807) is 32.4 Å². The van der Waals surface area contributed by atoms with E-state index in [2.05, 4.69) is 10.6 Å². The first-order valence-electron chi connectivity index (χ1n) is 10.8. The Morgan fingerprint density at radius 2 is 1.69 bits per heavy atom. The average Bonchev–Trinajstić information content (AvgIpc) is 2.70. The van der Waals surface area contributed by atoms with Gasteiger partial charge in [0.1, 0.15) is 11.5 Å². The van der Waals surface area contributed by atoms with Crippen LogP contribution in [0.3, 0.4) is 0 Å². The number of carbonyl (C=O) groups excluding carboxylic acids is 2. The molecule has 4 aliphatic carbocycles. The van der Waals surface area contributed by atoms with Crippen molar-refractivity contribution in [3.05, 3.63) is 18.2 Å². The Morgan fingerprint density at radius 1 is 1.03 bits per heavy atom. The monoisotopic (exact) mass is 400 g/mol. The Hall–Kier alpha value is -2.24. The topological polar surface area (TPSA) is 76.7 Å². The number of rotatable bonds is 8. The maximum Gasteiger partial charge on any atom is 0.226 e. The molecule has 5 rings (SSSR count). The lowest BCUT2D eigenvalue weighted by molar-refractivity contribution is -0.146. The number of carbonyl (C=O) groups is 2. The lowest BCUT2D eigenvalue weighted by atomic mass is 9.49. The first-order chi connectivity index (χ1) is 14.0. The largest absolute Gasteiger partial charge is 0.497 e. The average molecular weight is 401 g/mol. The molecule has 0 unspecified atom stereocenters. The van der Waals surface area contributed by atoms with Gasteiger partial charge < -0.3 is 20.1 Å². The van der Waals surface area contributed by atoms with Crippen LogP contribution in [0.5, 0.6) is 11.5 Å². The van der Waals surface area contributed by atoms with E-state index in [1.807, 2.05) is 0 Å². The van der Waals surface area contributed by atoms with E-state index in [0.29, 0.717) is 36.6 Å². The van der Waals surface area contributed by atoms with Crippen molar-refractivity contribution in [2.75, 3.05) is 26.1 Å². The van der Waals surface area contributed by atoms with Crippen LogP contribution in [0.1, 0.15) is 51.4 Å². The van der Waals surface area contributed by atoms with Gasteiger partial charge in [-0.2, -0.15) is 0 Å². The van der Waals surface area contributed by atoms with Crippen molar-refractivity contribution in [2.45, 2.75) is 51.4 Å². The van der Waals surface area contributed by atoms with E-state index >= 15 is 0 Å². The molecule has 4 bridgehead atoms. The highest BCUT2D eigenvalue weighted by atomic mass is 16.5. The summed E-state index contributed by atoms with van der Waals surface area (Å²) >= 11 is 0. The van der Waals surface area contributed by atoms with Gasteiger partial charge in [0.2, 0.25) is 11.8 Å². The molecule has 0 saturated heterocycles. The van der Waals surface area contributed by atoms with E-state index in [4.69, 9.17) is 9.47 Å². The second-order valence-electron chi connectivity index (χ2n) is 9.17. The van der Waals surface area contributed by atoms with Crippen LogP contribution in [0.15, 0.2) is 18.2 Å². The van der Waals surface area contributed by atoms with E-state index < -0.39 is 0 Å². The van der Waals surface area contributed by atoms with Crippen molar-refractivity contribution in [3.8, 4) is 11.5 Å². The Bertz CT molecular complexity index is 741. The molecule has 29 heavy (non-hydrogen) atoms. The lowest BCUT2D eigenvalue weighted by Crippen LogP contribution is -2.53. The fourth-order valence-electron chi connectivity index (χ4n) is 6.14. The number of benzene rings is 1. The minimum absolute atomic E-state index is 0.0856. The molecule has 1 aromatic carbocycles. The third-order valence-electron chi connectivity index (χ3n) is 7.07. The van der Waals surface area contributed by atoms with Crippen LogP contribution >= 0.6 is 0 Å². The fourth-order valence-corrected chi connectivity index (χ4v) is 6.14. The quantitative estimate of drug-likeness (QED) is 0.652. The van der Waals surface area contributed by atoms with Gasteiger partial charge in [-0.25, -0.2) is 0 Å². The van der Waals surface area contributed by atoms with Crippen LogP contribution in [0.4, 0.5) is 5.69 Å². The molecule has 0 aromatic heterocycles. The molecule has 1 aromatic rings. The number of hydrogen-bond acceptors (Lipinski definition) is 4. The van der Waals surface area contributed by atoms with Crippen LogP contribution in [-0.4, -0.2) is 32.6 Å². The van der Waals surface area contributed by atoms with Gasteiger partial charge in [-0.15, -0.1) is 0 Å². The summed E-state index contributed by atoms with van der Waals surface area (Å²) in [6, 6.07) is 5.29. The van der Waals surface area contributed by atoms with Crippen LogP contribution in [-0.2, 0) is 9.59 Å². The number of amides is 2. The highest BCUT2D eigenvalue weighted by molar-refractivity contribution is 5.92. The minimum atomic E-state index is -0.118. The van der Waals surface area contributed by atoms with Crippen LogP contribution in [0.25, 0.3) is 0 Å². The maximum atomic E-state index is 12.9. The van der Waals surface area contributed by atoms with Crippen molar-refractivity contribution in [1.29, 1.82) is 0 Å². The van der Waals surface area contributed by atoms with Gasteiger partial charge >= 0.3 is 0 Å². The lowest BCUT2D eigenvalue weighted by Gasteiger charge is -2.55. The van der Waals surface area contributed by atoms with Gasteiger partial charge in [0.05, 0.1) is 19.9 Å². The van der Waals surface area contributed by atoms with Gasteiger partial charge in [0, 0.05) is 24.4 Å². The molecule has 0 atom stereocenters. The molecule has 4 fully saturated rings. The number of methoxy groups -OCH3 is 2. The molecular weight excluding hydrogens is 368 g/mol. The molecule has 158 valence electrons. The zero-order chi connectivity index (χ0) is 20.4. The summed E-state index contributed by atoms with van der Waals surface area (Å²) in [4.78, 5) is 25.2. The number of nitrogens with one attached hydrogen (secondary N) is 2. The second kappa shape index (κ2) is 8.25. The first kappa shape index (κ1) is 20.0. The SMILES string of the molecule is COc1ccc(NC(=O)CCCNC(=O)C23CC4CC(CC(C4)C2)C3)c(OC)c1.